The Morgan fingerprint density at radius 1 is 1.11 bits per heavy atom. The second kappa shape index (κ2) is 9.29. The van der Waals surface area contributed by atoms with Gasteiger partial charge in [-0.2, -0.15) is 15.3 Å². The van der Waals surface area contributed by atoms with Gasteiger partial charge in [-0.3, -0.25) is 14.2 Å². The van der Waals surface area contributed by atoms with Crippen LogP contribution in [0.15, 0.2) is 64.6 Å². The molecule has 0 radical (unpaired) electrons. The molecular formula is C24H15ClF2N8O2. The first-order valence-corrected chi connectivity index (χ1v) is 11.0. The SMILES string of the molecule is Cn1cc2cc(Nc3nc(=O)n(-c4cncc(Cl)c4)c(=O)n3Cc3ccc(F)c(C#N)c3)c(F)cc2n1. The van der Waals surface area contributed by atoms with Crippen molar-refractivity contribution in [3.05, 3.63) is 104 Å². The number of anilines is 2. The topological polar surface area (TPSA) is 123 Å². The molecule has 0 saturated carbocycles. The van der Waals surface area contributed by atoms with Gasteiger partial charge in [0.25, 0.3) is 0 Å². The molecule has 1 N–H and O–H groups in total. The molecule has 5 rings (SSSR count). The van der Waals surface area contributed by atoms with Crippen molar-refractivity contribution >= 4 is 34.1 Å². The van der Waals surface area contributed by atoms with E-state index in [4.69, 9.17) is 11.6 Å². The Morgan fingerprint density at radius 2 is 1.92 bits per heavy atom. The first kappa shape index (κ1) is 23.8. The number of aryl methyl sites for hydroxylation is 1. The molecule has 184 valence electrons. The molecule has 0 atom stereocenters. The molecule has 0 saturated heterocycles. The highest BCUT2D eigenvalue weighted by Crippen LogP contribution is 2.24. The van der Waals surface area contributed by atoms with Crippen molar-refractivity contribution in [2.24, 2.45) is 7.05 Å². The van der Waals surface area contributed by atoms with Gasteiger partial charge < -0.3 is 5.32 Å². The molecule has 0 bridgehead atoms. The number of aromatic nitrogens is 6. The summed E-state index contributed by atoms with van der Waals surface area (Å²) in [6, 6.07) is 9.51. The molecule has 3 heterocycles. The molecule has 3 aromatic heterocycles. The highest BCUT2D eigenvalue weighted by Gasteiger charge is 2.18. The molecule has 0 spiro atoms. The number of nitrogens with zero attached hydrogens (tertiary/aromatic N) is 7. The fourth-order valence-corrected chi connectivity index (χ4v) is 3.97. The van der Waals surface area contributed by atoms with Crippen molar-refractivity contribution < 1.29 is 8.78 Å². The number of halogens is 3. The van der Waals surface area contributed by atoms with Crippen LogP contribution in [0.4, 0.5) is 20.4 Å². The van der Waals surface area contributed by atoms with Crippen molar-refractivity contribution in [3.8, 4) is 11.8 Å². The lowest BCUT2D eigenvalue weighted by molar-refractivity contribution is 0.618. The highest BCUT2D eigenvalue weighted by atomic mass is 35.5. The first-order valence-electron chi connectivity index (χ1n) is 10.7. The van der Waals surface area contributed by atoms with E-state index in [-0.39, 0.29) is 34.5 Å². The zero-order valence-corrected chi connectivity index (χ0v) is 19.7. The summed E-state index contributed by atoms with van der Waals surface area (Å²) in [4.78, 5) is 34.4. The fraction of sp³-hybridized carbons (Fsp3) is 0.0833. The minimum atomic E-state index is -0.965. The van der Waals surface area contributed by atoms with Crippen LogP contribution in [-0.4, -0.2) is 28.9 Å². The number of fused-ring (bicyclic) bond motifs is 1. The van der Waals surface area contributed by atoms with E-state index in [9.17, 15) is 23.6 Å². The smallest absolute Gasteiger partial charge is 0.323 e. The monoisotopic (exact) mass is 520 g/mol. The van der Waals surface area contributed by atoms with Crippen molar-refractivity contribution in [2.45, 2.75) is 6.54 Å². The zero-order valence-electron chi connectivity index (χ0n) is 19.0. The van der Waals surface area contributed by atoms with Crippen LogP contribution in [0.1, 0.15) is 11.1 Å². The van der Waals surface area contributed by atoms with Crippen LogP contribution in [-0.2, 0) is 13.6 Å². The number of rotatable bonds is 5. The van der Waals surface area contributed by atoms with Gasteiger partial charge in [0.1, 0.15) is 17.7 Å². The van der Waals surface area contributed by atoms with E-state index in [0.29, 0.717) is 16.5 Å². The summed E-state index contributed by atoms with van der Waals surface area (Å²) in [6.07, 6.45) is 4.26. The molecule has 2 aromatic carbocycles. The van der Waals surface area contributed by atoms with Crippen LogP contribution in [0.25, 0.3) is 16.6 Å². The Labute approximate surface area is 211 Å². The molecule has 0 unspecified atom stereocenters. The van der Waals surface area contributed by atoms with E-state index in [1.54, 1.807) is 19.3 Å². The van der Waals surface area contributed by atoms with Gasteiger partial charge in [-0.1, -0.05) is 17.7 Å². The van der Waals surface area contributed by atoms with Crippen LogP contribution in [0.3, 0.4) is 0 Å². The molecule has 0 aliphatic carbocycles. The normalized spacial score (nSPS) is 11.0. The van der Waals surface area contributed by atoms with Gasteiger partial charge in [-0.25, -0.2) is 22.9 Å². The van der Waals surface area contributed by atoms with Gasteiger partial charge in [0, 0.05) is 30.9 Å². The Morgan fingerprint density at radius 3 is 2.68 bits per heavy atom. The van der Waals surface area contributed by atoms with Crippen LogP contribution in [0.5, 0.6) is 0 Å². The number of hydrogen-bond donors (Lipinski definition) is 1. The summed E-state index contributed by atoms with van der Waals surface area (Å²) in [5.41, 5.74) is -1.26. The van der Waals surface area contributed by atoms with E-state index in [1.165, 1.54) is 47.4 Å². The average molecular weight is 521 g/mol. The molecule has 0 aliphatic heterocycles. The molecule has 5 aromatic rings. The third-order valence-electron chi connectivity index (χ3n) is 5.47. The predicted molar refractivity (Wildman–Crippen MR) is 131 cm³/mol. The summed E-state index contributed by atoms with van der Waals surface area (Å²) in [5.74, 6) is -1.69. The van der Waals surface area contributed by atoms with Gasteiger partial charge in [-0.15, -0.1) is 0 Å². The second-order valence-electron chi connectivity index (χ2n) is 8.03. The van der Waals surface area contributed by atoms with Gasteiger partial charge in [0.05, 0.1) is 40.2 Å². The summed E-state index contributed by atoms with van der Waals surface area (Å²) in [6.45, 7) is -0.228. The number of benzene rings is 2. The summed E-state index contributed by atoms with van der Waals surface area (Å²) < 4.78 is 32.1. The van der Waals surface area contributed by atoms with Crippen LogP contribution in [0, 0.1) is 23.0 Å². The van der Waals surface area contributed by atoms with Gasteiger partial charge in [0.15, 0.2) is 0 Å². The van der Waals surface area contributed by atoms with Gasteiger partial charge >= 0.3 is 11.4 Å². The zero-order chi connectivity index (χ0) is 26.3. The molecule has 10 nitrogen and oxygen atoms in total. The van der Waals surface area contributed by atoms with Crippen molar-refractivity contribution in [1.82, 2.24) is 28.9 Å². The van der Waals surface area contributed by atoms with Crippen LogP contribution >= 0.6 is 11.6 Å². The van der Waals surface area contributed by atoms with E-state index in [1.807, 2.05) is 0 Å². The summed E-state index contributed by atoms with van der Waals surface area (Å²) in [5, 5.41) is 16.9. The first-order chi connectivity index (χ1) is 17.7. The van der Waals surface area contributed by atoms with Crippen molar-refractivity contribution in [2.75, 3.05) is 5.32 Å². The van der Waals surface area contributed by atoms with Crippen LogP contribution < -0.4 is 16.7 Å². The largest absolute Gasteiger partial charge is 0.359 e. The molecular weight excluding hydrogens is 506 g/mol. The minimum Gasteiger partial charge on any atom is -0.323 e. The minimum absolute atomic E-state index is 0.0560. The van der Waals surface area contributed by atoms with E-state index in [2.05, 4.69) is 20.4 Å². The summed E-state index contributed by atoms with van der Waals surface area (Å²) >= 11 is 5.99. The second-order valence-corrected chi connectivity index (χ2v) is 8.46. The number of nitrogens with one attached hydrogen (secondary N) is 1. The lowest BCUT2D eigenvalue weighted by Gasteiger charge is -2.16. The highest BCUT2D eigenvalue weighted by molar-refractivity contribution is 6.30. The third kappa shape index (κ3) is 4.55. The molecule has 13 heteroatoms. The fourth-order valence-electron chi connectivity index (χ4n) is 3.80. The molecule has 0 amide bonds. The Hall–Kier alpha value is -4.89. The third-order valence-corrected chi connectivity index (χ3v) is 5.67. The lowest BCUT2D eigenvalue weighted by Crippen LogP contribution is -2.41. The molecule has 0 aliphatic rings. The summed E-state index contributed by atoms with van der Waals surface area (Å²) in [7, 11) is 1.69. The standard InChI is InChI=1S/C24H15ClF2N8O2/c1-33-12-15-5-21(19(27)7-20(15)32-33)30-22-31-23(36)35(17-6-16(25)9-29-10-17)24(37)34(22)11-13-2-3-18(26)14(4-13)8-28/h2-7,9-10,12H,11H2,1H3,(H,30,31,36). The molecule has 37 heavy (non-hydrogen) atoms. The quantitative estimate of drug-likeness (QED) is 0.377. The Bertz CT molecular complexity index is 1860. The Kier molecular flexibility index (Phi) is 5.98. The van der Waals surface area contributed by atoms with E-state index in [0.717, 1.165) is 15.2 Å². The maximum absolute atomic E-state index is 14.9. The van der Waals surface area contributed by atoms with E-state index >= 15 is 0 Å². The maximum atomic E-state index is 14.9. The van der Waals surface area contributed by atoms with Crippen LogP contribution in [0.2, 0.25) is 5.02 Å². The Balaban J connectivity index is 1.69. The average Bonchev–Trinajstić information content (AvgIpc) is 3.21. The molecule has 0 fully saturated rings. The van der Waals surface area contributed by atoms with Crippen molar-refractivity contribution in [3.63, 3.8) is 0 Å². The van der Waals surface area contributed by atoms with E-state index < -0.39 is 23.0 Å². The van der Waals surface area contributed by atoms with Gasteiger partial charge in [-0.05, 0) is 29.8 Å². The lowest BCUT2D eigenvalue weighted by atomic mass is 10.1. The van der Waals surface area contributed by atoms with Gasteiger partial charge in [0.2, 0.25) is 5.95 Å². The number of hydrogen-bond acceptors (Lipinski definition) is 7. The van der Waals surface area contributed by atoms with Crippen molar-refractivity contribution in [1.29, 1.82) is 5.26 Å². The number of nitriles is 1. The maximum Gasteiger partial charge on any atom is 0.359 e. The predicted octanol–water partition coefficient (Wildman–Crippen LogP) is 3.27. The number of pyridine rings is 1.